The smallest absolute Gasteiger partial charge is 0.260 e. The highest BCUT2D eigenvalue weighted by Gasteiger charge is 2.32. The van der Waals surface area contributed by atoms with E-state index < -0.39 is 17.8 Å². The Kier molecular flexibility index (Phi) is 3.21. The van der Waals surface area contributed by atoms with E-state index in [1.54, 1.807) is 0 Å². The number of hydrogen-bond donors (Lipinski definition) is 1. The SMILES string of the molecule is CC(N)(c1ccc(Br)c(F)c1)C(F)F. The van der Waals surface area contributed by atoms with Crippen molar-refractivity contribution in [1.29, 1.82) is 0 Å². The van der Waals surface area contributed by atoms with Crippen LogP contribution in [0.1, 0.15) is 12.5 Å². The third-order valence-electron chi connectivity index (χ3n) is 1.99. The molecular formula is C9H9BrF3N. The van der Waals surface area contributed by atoms with Gasteiger partial charge in [0.15, 0.2) is 0 Å². The van der Waals surface area contributed by atoms with Crippen LogP contribution >= 0.6 is 15.9 Å². The molecular weight excluding hydrogens is 259 g/mol. The summed E-state index contributed by atoms with van der Waals surface area (Å²) in [6, 6.07) is 3.74. The molecule has 0 spiro atoms. The topological polar surface area (TPSA) is 26.0 Å². The lowest BCUT2D eigenvalue weighted by Gasteiger charge is -2.24. The first-order chi connectivity index (χ1) is 6.35. The largest absolute Gasteiger partial charge is 0.317 e. The fraction of sp³-hybridized carbons (Fsp3) is 0.333. The zero-order chi connectivity index (χ0) is 10.9. The van der Waals surface area contributed by atoms with E-state index in [1.807, 2.05) is 0 Å². The Labute approximate surface area is 88.2 Å². The molecule has 1 unspecified atom stereocenters. The summed E-state index contributed by atoms with van der Waals surface area (Å²) in [5.41, 5.74) is 3.63. The summed E-state index contributed by atoms with van der Waals surface area (Å²) in [6.07, 6.45) is -2.73. The van der Waals surface area contributed by atoms with Gasteiger partial charge >= 0.3 is 0 Å². The Balaban J connectivity index is 3.14. The molecule has 0 aliphatic heterocycles. The zero-order valence-corrected chi connectivity index (χ0v) is 8.98. The molecule has 0 bridgehead atoms. The lowest BCUT2D eigenvalue weighted by atomic mass is 9.94. The minimum absolute atomic E-state index is 0.0770. The molecule has 1 nitrogen and oxygen atoms in total. The van der Waals surface area contributed by atoms with Gasteiger partial charge in [0, 0.05) is 0 Å². The van der Waals surface area contributed by atoms with Crippen molar-refractivity contribution in [2.75, 3.05) is 0 Å². The lowest BCUT2D eigenvalue weighted by Crippen LogP contribution is -2.40. The van der Waals surface area contributed by atoms with Gasteiger partial charge in [-0.1, -0.05) is 6.07 Å². The van der Waals surface area contributed by atoms with Crippen molar-refractivity contribution in [2.45, 2.75) is 18.9 Å². The van der Waals surface area contributed by atoms with Gasteiger partial charge in [0.25, 0.3) is 6.43 Å². The first-order valence-electron chi connectivity index (χ1n) is 3.88. The second-order valence-corrected chi connectivity index (χ2v) is 4.07. The van der Waals surface area contributed by atoms with Crippen molar-refractivity contribution in [3.63, 3.8) is 0 Å². The molecule has 2 N–H and O–H groups in total. The second kappa shape index (κ2) is 3.90. The molecule has 0 aliphatic rings. The van der Waals surface area contributed by atoms with E-state index in [0.717, 1.165) is 6.07 Å². The van der Waals surface area contributed by atoms with Gasteiger partial charge in [-0.25, -0.2) is 13.2 Å². The van der Waals surface area contributed by atoms with E-state index in [9.17, 15) is 13.2 Å². The Morgan fingerprint density at radius 2 is 2.00 bits per heavy atom. The normalized spacial score (nSPS) is 15.6. The van der Waals surface area contributed by atoms with Crippen molar-refractivity contribution in [1.82, 2.24) is 0 Å². The predicted octanol–water partition coefficient (Wildman–Crippen LogP) is 3.03. The van der Waals surface area contributed by atoms with Crippen LogP contribution in [-0.4, -0.2) is 6.43 Å². The Morgan fingerprint density at radius 3 is 2.43 bits per heavy atom. The molecule has 5 heteroatoms. The van der Waals surface area contributed by atoms with E-state index in [0.29, 0.717) is 0 Å². The lowest BCUT2D eigenvalue weighted by molar-refractivity contribution is 0.0623. The highest BCUT2D eigenvalue weighted by molar-refractivity contribution is 9.10. The summed E-state index contributed by atoms with van der Waals surface area (Å²) in [5, 5.41) is 0. The summed E-state index contributed by atoms with van der Waals surface area (Å²) >= 11 is 2.93. The maximum atomic E-state index is 13.0. The number of benzene rings is 1. The zero-order valence-electron chi connectivity index (χ0n) is 7.40. The van der Waals surface area contributed by atoms with Crippen LogP contribution in [0, 0.1) is 5.82 Å². The van der Waals surface area contributed by atoms with Crippen molar-refractivity contribution in [2.24, 2.45) is 5.73 Å². The van der Waals surface area contributed by atoms with Gasteiger partial charge in [0.1, 0.15) is 5.82 Å². The van der Waals surface area contributed by atoms with E-state index in [1.165, 1.54) is 19.1 Å². The van der Waals surface area contributed by atoms with Gasteiger partial charge in [0.05, 0.1) is 10.0 Å². The van der Waals surface area contributed by atoms with Crippen molar-refractivity contribution in [3.05, 3.63) is 34.1 Å². The van der Waals surface area contributed by atoms with Crippen molar-refractivity contribution in [3.8, 4) is 0 Å². The minimum Gasteiger partial charge on any atom is -0.317 e. The standard InChI is InChI=1S/C9H9BrF3N/c1-9(14,8(12)13)5-2-3-6(10)7(11)4-5/h2-4,8H,14H2,1H3. The van der Waals surface area contributed by atoms with Gasteiger partial charge < -0.3 is 5.73 Å². The Hall–Kier alpha value is -0.550. The quantitative estimate of drug-likeness (QED) is 0.876. The number of alkyl halides is 2. The summed E-state index contributed by atoms with van der Waals surface area (Å²) in [6.45, 7) is 1.17. The van der Waals surface area contributed by atoms with E-state index >= 15 is 0 Å². The molecule has 0 aliphatic carbocycles. The van der Waals surface area contributed by atoms with Gasteiger partial charge in [-0.2, -0.15) is 0 Å². The number of hydrogen-bond acceptors (Lipinski definition) is 1. The van der Waals surface area contributed by atoms with Gasteiger partial charge in [-0.3, -0.25) is 0 Å². The van der Waals surface area contributed by atoms with Crippen LogP contribution in [0.5, 0.6) is 0 Å². The fourth-order valence-electron chi connectivity index (χ4n) is 0.957. The van der Waals surface area contributed by atoms with Crippen LogP contribution in [-0.2, 0) is 5.54 Å². The number of nitrogens with two attached hydrogens (primary N) is 1. The second-order valence-electron chi connectivity index (χ2n) is 3.21. The molecule has 0 amide bonds. The molecule has 1 aromatic rings. The third-order valence-corrected chi connectivity index (χ3v) is 2.64. The monoisotopic (exact) mass is 267 g/mol. The Morgan fingerprint density at radius 1 is 1.43 bits per heavy atom. The molecule has 0 radical (unpaired) electrons. The molecule has 0 aromatic heterocycles. The molecule has 0 fully saturated rings. The van der Waals surface area contributed by atoms with Crippen LogP contribution in [0.3, 0.4) is 0 Å². The highest BCUT2D eigenvalue weighted by atomic mass is 79.9. The van der Waals surface area contributed by atoms with Gasteiger partial charge in [0.2, 0.25) is 0 Å². The molecule has 78 valence electrons. The predicted molar refractivity (Wildman–Crippen MR) is 51.6 cm³/mol. The van der Waals surface area contributed by atoms with Crippen LogP contribution in [0.25, 0.3) is 0 Å². The third kappa shape index (κ3) is 2.09. The summed E-state index contributed by atoms with van der Waals surface area (Å²) in [7, 11) is 0. The van der Waals surface area contributed by atoms with Gasteiger partial charge in [-0.05, 0) is 40.5 Å². The molecule has 14 heavy (non-hydrogen) atoms. The molecule has 0 heterocycles. The summed E-state index contributed by atoms with van der Waals surface area (Å²) in [5.74, 6) is -0.597. The molecule has 0 saturated heterocycles. The van der Waals surface area contributed by atoms with E-state index in [2.05, 4.69) is 15.9 Å². The average Bonchev–Trinajstić information content (AvgIpc) is 2.09. The molecule has 1 aromatic carbocycles. The molecule has 0 saturated carbocycles. The van der Waals surface area contributed by atoms with Crippen LogP contribution in [0.4, 0.5) is 13.2 Å². The minimum atomic E-state index is -2.73. The summed E-state index contributed by atoms with van der Waals surface area (Å²) < 4.78 is 38.2. The van der Waals surface area contributed by atoms with Crippen molar-refractivity contribution >= 4 is 15.9 Å². The van der Waals surface area contributed by atoms with Crippen LogP contribution in [0.15, 0.2) is 22.7 Å². The first kappa shape index (κ1) is 11.5. The van der Waals surface area contributed by atoms with E-state index in [-0.39, 0.29) is 10.0 Å². The Bertz CT molecular complexity index is 339. The van der Waals surface area contributed by atoms with E-state index in [4.69, 9.17) is 5.73 Å². The highest BCUT2D eigenvalue weighted by Crippen LogP contribution is 2.27. The summed E-state index contributed by atoms with van der Waals surface area (Å²) in [4.78, 5) is 0. The van der Waals surface area contributed by atoms with Gasteiger partial charge in [-0.15, -0.1) is 0 Å². The fourth-order valence-corrected chi connectivity index (χ4v) is 1.20. The maximum Gasteiger partial charge on any atom is 0.260 e. The number of rotatable bonds is 2. The number of halogens is 4. The average molecular weight is 268 g/mol. The maximum absolute atomic E-state index is 13.0. The van der Waals surface area contributed by atoms with Crippen LogP contribution < -0.4 is 5.73 Å². The van der Waals surface area contributed by atoms with Crippen LogP contribution in [0.2, 0.25) is 0 Å². The van der Waals surface area contributed by atoms with Crippen molar-refractivity contribution < 1.29 is 13.2 Å². The first-order valence-corrected chi connectivity index (χ1v) is 4.67. The molecule has 1 rings (SSSR count). The molecule has 1 atom stereocenters.